The lowest BCUT2D eigenvalue weighted by molar-refractivity contribution is 0.102. The third-order valence-electron chi connectivity index (χ3n) is 4.18. The lowest BCUT2D eigenvalue weighted by Gasteiger charge is -2.13. The summed E-state index contributed by atoms with van der Waals surface area (Å²) in [4.78, 5) is 15.1. The molecule has 0 aromatic heterocycles. The predicted molar refractivity (Wildman–Crippen MR) is 123 cm³/mol. The van der Waals surface area contributed by atoms with E-state index in [1.165, 1.54) is 10.5 Å². The van der Waals surface area contributed by atoms with Crippen LogP contribution in [0.2, 0.25) is 0 Å². The van der Waals surface area contributed by atoms with Gasteiger partial charge in [0.05, 0.1) is 5.56 Å². The maximum atomic E-state index is 12.8. The molecule has 0 radical (unpaired) electrons. The van der Waals surface area contributed by atoms with Crippen LogP contribution in [-0.2, 0) is 5.75 Å². The maximum absolute atomic E-state index is 12.8. The molecule has 1 N–H and O–H groups in total. The molecule has 3 aromatic rings. The average molecular weight is 408 g/mol. The second-order valence-electron chi connectivity index (χ2n) is 6.87. The van der Waals surface area contributed by atoms with E-state index in [-0.39, 0.29) is 5.91 Å². The van der Waals surface area contributed by atoms with Crippen molar-refractivity contribution in [3.05, 3.63) is 89.5 Å². The Morgan fingerprint density at radius 2 is 1.68 bits per heavy atom. The van der Waals surface area contributed by atoms with E-state index in [4.69, 9.17) is 0 Å². The van der Waals surface area contributed by atoms with Crippen LogP contribution in [0.4, 0.5) is 5.69 Å². The van der Waals surface area contributed by atoms with E-state index in [1.807, 2.05) is 55.1 Å². The van der Waals surface area contributed by atoms with Crippen LogP contribution in [0.15, 0.2) is 82.6 Å². The lowest BCUT2D eigenvalue weighted by atomic mass is 10.1. The summed E-state index contributed by atoms with van der Waals surface area (Å²) < 4.78 is 0. The van der Waals surface area contributed by atoms with Gasteiger partial charge in [0.15, 0.2) is 0 Å². The van der Waals surface area contributed by atoms with Crippen LogP contribution >= 0.6 is 23.5 Å². The number of aryl methyl sites for hydroxylation is 1. The summed E-state index contributed by atoms with van der Waals surface area (Å²) in [6, 6.07) is 24.4. The fraction of sp³-hybridized carbons (Fsp3) is 0.208. The van der Waals surface area contributed by atoms with E-state index in [0.717, 1.165) is 27.5 Å². The number of carbonyl (C=O) groups is 1. The molecular formula is C24H25NOS2. The van der Waals surface area contributed by atoms with E-state index >= 15 is 0 Å². The molecule has 4 heteroatoms. The van der Waals surface area contributed by atoms with Gasteiger partial charge in [-0.25, -0.2) is 0 Å². The smallest absolute Gasteiger partial charge is 0.256 e. The molecule has 144 valence electrons. The molecule has 28 heavy (non-hydrogen) atoms. The average Bonchev–Trinajstić information content (AvgIpc) is 2.69. The van der Waals surface area contributed by atoms with Crippen LogP contribution in [0.5, 0.6) is 0 Å². The Kier molecular flexibility index (Phi) is 7.24. The Labute approximate surface area is 176 Å². The van der Waals surface area contributed by atoms with Gasteiger partial charge in [0.1, 0.15) is 0 Å². The van der Waals surface area contributed by atoms with Crippen molar-refractivity contribution in [3.63, 3.8) is 0 Å². The molecule has 0 spiro atoms. The van der Waals surface area contributed by atoms with Crippen LogP contribution in [0.1, 0.15) is 35.3 Å². The Bertz CT molecular complexity index is 938. The van der Waals surface area contributed by atoms with E-state index < -0.39 is 0 Å². The quantitative estimate of drug-likeness (QED) is 0.426. The Balaban J connectivity index is 1.69. The van der Waals surface area contributed by atoms with Gasteiger partial charge in [-0.1, -0.05) is 56.3 Å². The topological polar surface area (TPSA) is 29.1 Å². The number of carbonyl (C=O) groups excluding carboxylic acids is 1. The zero-order valence-corrected chi connectivity index (χ0v) is 18.1. The van der Waals surface area contributed by atoms with Gasteiger partial charge in [0, 0.05) is 26.5 Å². The van der Waals surface area contributed by atoms with Gasteiger partial charge in [-0.05, 0) is 48.4 Å². The third kappa shape index (κ3) is 5.66. The predicted octanol–water partition coefficient (Wildman–Crippen LogP) is 7.04. The normalized spacial score (nSPS) is 10.9. The summed E-state index contributed by atoms with van der Waals surface area (Å²) in [5, 5.41) is 3.51. The fourth-order valence-corrected chi connectivity index (χ4v) is 4.65. The van der Waals surface area contributed by atoms with Crippen LogP contribution in [-0.4, -0.2) is 11.2 Å². The summed E-state index contributed by atoms with van der Waals surface area (Å²) in [7, 11) is 0. The Morgan fingerprint density at radius 1 is 0.964 bits per heavy atom. The van der Waals surface area contributed by atoms with E-state index in [2.05, 4.69) is 55.6 Å². The largest absolute Gasteiger partial charge is 0.322 e. The van der Waals surface area contributed by atoms with Gasteiger partial charge in [0.25, 0.3) is 5.91 Å². The van der Waals surface area contributed by atoms with Gasteiger partial charge in [0.2, 0.25) is 0 Å². The highest BCUT2D eigenvalue weighted by atomic mass is 32.2. The molecule has 3 rings (SSSR count). The van der Waals surface area contributed by atoms with Crippen molar-refractivity contribution in [1.29, 1.82) is 0 Å². The molecule has 0 aliphatic heterocycles. The lowest BCUT2D eigenvalue weighted by Crippen LogP contribution is -2.14. The van der Waals surface area contributed by atoms with E-state index in [9.17, 15) is 4.79 Å². The highest BCUT2D eigenvalue weighted by Gasteiger charge is 2.13. The molecule has 3 aromatic carbocycles. The number of rotatable bonds is 7. The molecule has 0 fully saturated rings. The number of amides is 1. The molecule has 1 amide bonds. The van der Waals surface area contributed by atoms with Crippen molar-refractivity contribution in [3.8, 4) is 0 Å². The van der Waals surface area contributed by atoms with Crippen molar-refractivity contribution in [2.24, 2.45) is 0 Å². The molecule has 0 aliphatic carbocycles. The first-order valence-electron chi connectivity index (χ1n) is 9.37. The highest BCUT2D eigenvalue weighted by molar-refractivity contribution is 8.00. The van der Waals surface area contributed by atoms with Gasteiger partial charge >= 0.3 is 0 Å². The molecule has 0 saturated heterocycles. The Morgan fingerprint density at radius 3 is 2.39 bits per heavy atom. The monoisotopic (exact) mass is 407 g/mol. The summed E-state index contributed by atoms with van der Waals surface area (Å²) in [5.74, 6) is 0.852. The summed E-state index contributed by atoms with van der Waals surface area (Å²) in [6.07, 6.45) is 0. The van der Waals surface area contributed by atoms with E-state index in [0.29, 0.717) is 5.25 Å². The molecule has 0 unspecified atom stereocenters. The minimum absolute atomic E-state index is 0.0572. The van der Waals surface area contributed by atoms with Crippen LogP contribution in [0.3, 0.4) is 0 Å². The first-order chi connectivity index (χ1) is 13.5. The highest BCUT2D eigenvalue weighted by Crippen LogP contribution is 2.28. The molecule has 2 nitrogen and oxygen atoms in total. The number of anilines is 1. The van der Waals surface area contributed by atoms with Crippen molar-refractivity contribution < 1.29 is 4.79 Å². The maximum Gasteiger partial charge on any atom is 0.256 e. The molecule has 0 saturated carbocycles. The minimum atomic E-state index is -0.0572. The SMILES string of the molecule is Cc1cc(CSc2ccccc2)ccc1NC(=O)c1ccccc1SC(C)C. The van der Waals surface area contributed by atoms with Gasteiger partial charge in [-0.3, -0.25) is 4.79 Å². The van der Waals surface area contributed by atoms with Crippen molar-refractivity contribution >= 4 is 35.1 Å². The Hall–Kier alpha value is -2.17. The van der Waals surface area contributed by atoms with Crippen LogP contribution in [0, 0.1) is 6.92 Å². The number of thioether (sulfide) groups is 2. The minimum Gasteiger partial charge on any atom is -0.322 e. The van der Waals surface area contributed by atoms with Crippen LogP contribution < -0.4 is 5.32 Å². The molecular weight excluding hydrogens is 382 g/mol. The fourth-order valence-electron chi connectivity index (χ4n) is 2.84. The standard InChI is InChI=1S/C24H25NOS2/c1-17(2)28-23-12-8-7-11-21(23)24(26)25-22-14-13-19(15-18(22)3)16-27-20-9-5-4-6-10-20/h4-15,17H,16H2,1-3H3,(H,25,26). The number of hydrogen-bond acceptors (Lipinski definition) is 3. The second kappa shape index (κ2) is 9.85. The van der Waals surface area contributed by atoms with Gasteiger partial charge < -0.3 is 5.32 Å². The zero-order valence-electron chi connectivity index (χ0n) is 16.4. The zero-order chi connectivity index (χ0) is 19.9. The van der Waals surface area contributed by atoms with E-state index in [1.54, 1.807) is 11.8 Å². The summed E-state index contributed by atoms with van der Waals surface area (Å²) in [5.41, 5.74) is 3.92. The number of hydrogen-bond donors (Lipinski definition) is 1. The van der Waals surface area contributed by atoms with Gasteiger partial charge in [-0.2, -0.15) is 0 Å². The second-order valence-corrected chi connectivity index (χ2v) is 9.53. The summed E-state index contributed by atoms with van der Waals surface area (Å²) >= 11 is 3.53. The van der Waals surface area contributed by atoms with Crippen molar-refractivity contribution in [1.82, 2.24) is 0 Å². The molecule has 0 bridgehead atoms. The number of benzene rings is 3. The summed E-state index contributed by atoms with van der Waals surface area (Å²) in [6.45, 7) is 6.31. The molecule has 0 heterocycles. The first kappa shape index (κ1) is 20.6. The first-order valence-corrected chi connectivity index (χ1v) is 11.2. The van der Waals surface area contributed by atoms with Crippen molar-refractivity contribution in [2.75, 3.05) is 5.32 Å². The molecule has 0 aliphatic rings. The number of nitrogens with one attached hydrogen (secondary N) is 1. The van der Waals surface area contributed by atoms with Gasteiger partial charge in [-0.15, -0.1) is 23.5 Å². The van der Waals surface area contributed by atoms with Crippen molar-refractivity contribution in [2.45, 2.75) is 41.6 Å². The van der Waals surface area contributed by atoms with Crippen LogP contribution in [0.25, 0.3) is 0 Å². The molecule has 0 atom stereocenters. The third-order valence-corrected chi connectivity index (χ3v) is 6.35.